The fraction of sp³-hybridized carbons (Fsp3) is 0.571. The van der Waals surface area contributed by atoms with Crippen molar-refractivity contribution in [1.29, 1.82) is 0 Å². The summed E-state index contributed by atoms with van der Waals surface area (Å²) in [5.74, 6) is -0.476. The van der Waals surface area contributed by atoms with Crippen LogP contribution in [0.15, 0.2) is 4.79 Å². The SMILES string of the molecule is CCNC(=O)c1c(OC)c(=O)c(I)c2n1[C@H](COS(C)(=O)=O)CC2. The maximum Gasteiger partial charge on any atom is 0.271 e. The lowest BCUT2D eigenvalue weighted by Gasteiger charge is -2.21. The normalized spacial score (nSPS) is 16.8. The van der Waals surface area contributed by atoms with Crippen LogP contribution in [0, 0.1) is 3.57 Å². The average molecular weight is 470 g/mol. The minimum atomic E-state index is -3.60. The molecule has 1 aliphatic heterocycles. The van der Waals surface area contributed by atoms with Crippen LogP contribution in [0.1, 0.15) is 35.6 Å². The zero-order valence-electron chi connectivity index (χ0n) is 13.6. The Labute approximate surface area is 153 Å². The van der Waals surface area contributed by atoms with E-state index in [2.05, 4.69) is 5.32 Å². The molecule has 0 radical (unpaired) electrons. The van der Waals surface area contributed by atoms with Crippen LogP contribution < -0.4 is 15.5 Å². The third kappa shape index (κ3) is 3.75. The van der Waals surface area contributed by atoms with Crippen LogP contribution >= 0.6 is 22.6 Å². The molecule has 8 nitrogen and oxygen atoms in total. The summed E-state index contributed by atoms with van der Waals surface area (Å²) in [6, 6.07) is -0.365. The van der Waals surface area contributed by atoms with Gasteiger partial charge in [-0.05, 0) is 42.4 Å². The summed E-state index contributed by atoms with van der Waals surface area (Å²) in [7, 11) is -2.27. The molecule has 2 rings (SSSR count). The number of nitrogens with one attached hydrogen (secondary N) is 1. The van der Waals surface area contributed by atoms with Crippen LogP contribution in [-0.4, -0.2) is 45.4 Å². The van der Waals surface area contributed by atoms with E-state index in [0.717, 1.165) is 6.26 Å². The van der Waals surface area contributed by atoms with E-state index in [1.807, 2.05) is 22.6 Å². The van der Waals surface area contributed by atoms with E-state index < -0.39 is 16.0 Å². The van der Waals surface area contributed by atoms with Crippen LogP contribution in [0.5, 0.6) is 5.75 Å². The van der Waals surface area contributed by atoms with Gasteiger partial charge < -0.3 is 14.6 Å². The molecule has 1 amide bonds. The molecule has 24 heavy (non-hydrogen) atoms. The first kappa shape index (κ1) is 19.2. The Morgan fingerprint density at radius 1 is 1.46 bits per heavy atom. The zero-order chi connectivity index (χ0) is 18.1. The van der Waals surface area contributed by atoms with Gasteiger partial charge in [0.2, 0.25) is 5.43 Å². The first-order valence-electron chi connectivity index (χ1n) is 7.34. The Kier molecular flexibility index (Phi) is 5.91. The van der Waals surface area contributed by atoms with Crippen molar-refractivity contribution < 1.29 is 22.1 Å². The number of rotatable bonds is 6. The molecule has 0 aliphatic carbocycles. The minimum Gasteiger partial charge on any atom is -0.491 e. The number of ether oxygens (including phenoxy) is 1. The number of methoxy groups -OCH3 is 1. The monoisotopic (exact) mass is 470 g/mol. The van der Waals surface area contributed by atoms with Gasteiger partial charge in [-0.15, -0.1) is 0 Å². The van der Waals surface area contributed by atoms with Gasteiger partial charge in [-0.2, -0.15) is 8.42 Å². The third-order valence-electron chi connectivity index (χ3n) is 3.72. The van der Waals surface area contributed by atoms with Crippen molar-refractivity contribution in [1.82, 2.24) is 9.88 Å². The molecule has 0 saturated heterocycles. The number of aromatic nitrogens is 1. The number of fused-ring (bicyclic) bond motifs is 1. The zero-order valence-corrected chi connectivity index (χ0v) is 16.6. The molecule has 1 aromatic rings. The molecular weight excluding hydrogens is 451 g/mol. The van der Waals surface area contributed by atoms with Crippen molar-refractivity contribution in [3.63, 3.8) is 0 Å². The highest BCUT2D eigenvalue weighted by Gasteiger charge is 2.33. The molecule has 0 saturated carbocycles. The van der Waals surface area contributed by atoms with E-state index in [1.165, 1.54) is 7.11 Å². The van der Waals surface area contributed by atoms with Crippen LogP contribution in [-0.2, 0) is 20.7 Å². The van der Waals surface area contributed by atoms with Crippen molar-refractivity contribution >= 4 is 38.6 Å². The summed E-state index contributed by atoms with van der Waals surface area (Å²) >= 11 is 1.93. The van der Waals surface area contributed by atoms with Gasteiger partial charge >= 0.3 is 0 Å². The summed E-state index contributed by atoms with van der Waals surface area (Å²) in [4.78, 5) is 24.9. The maximum absolute atomic E-state index is 12.5. The van der Waals surface area contributed by atoms with Crippen LogP contribution in [0.3, 0.4) is 0 Å². The van der Waals surface area contributed by atoms with Crippen molar-refractivity contribution in [2.24, 2.45) is 0 Å². The second-order valence-corrected chi connectivity index (χ2v) is 8.10. The topological polar surface area (TPSA) is 104 Å². The van der Waals surface area contributed by atoms with Gasteiger partial charge in [-0.25, -0.2) is 0 Å². The number of hydrogen-bond donors (Lipinski definition) is 1. The molecule has 1 atom stereocenters. The molecule has 0 spiro atoms. The largest absolute Gasteiger partial charge is 0.491 e. The molecule has 10 heteroatoms. The third-order valence-corrected chi connectivity index (χ3v) is 5.39. The summed E-state index contributed by atoms with van der Waals surface area (Å²) in [6.45, 7) is 2.06. The number of halogens is 1. The van der Waals surface area contributed by atoms with Crippen molar-refractivity contribution in [2.45, 2.75) is 25.8 Å². The number of nitrogens with zero attached hydrogens (tertiary/aromatic N) is 1. The predicted molar refractivity (Wildman–Crippen MR) is 96.1 cm³/mol. The first-order chi connectivity index (χ1) is 11.2. The fourth-order valence-electron chi connectivity index (χ4n) is 2.76. The summed E-state index contributed by atoms with van der Waals surface area (Å²) in [5.41, 5.74) is 0.472. The molecule has 0 fully saturated rings. The molecule has 1 N–H and O–H groups in total. The van der Waals surface area contributed by atoms with Gasteiger partial charge in [-0.1, -0.05) is 0 Å². The first-order valence-corrected chi connectivity index (χ1v) is 10.2. The molecule has 0 unspecified atom stereocenters. The van der Waals surface area contributed by atoms with E-state index in [1.54, 1.807) is 11.5 Å². The molecule has 2 heterocycles. The summed E-state index contributed by atoms with van der Waals surface area (Å²) in [6.07, 6.45) is 2.11. The molecule has 1 aromatic heterocycles. The van der Waals surface area contributed by atoms with E-state index in [0.29, 0.717) is 28.7 Å². The van der Waals surface area contributed by atoms with Crippen LogP contribution in [0.2, 0.25) is 0 Å². The molecule has 1 aliphatic rings. The highest BCUT2D eigenvalue weighted by atomic mass is 127. The van der Waals surface area contributed by atoms with Crippen molar-refractivity contribution in [3.8, 4) is 5.75 Å². The number of carbonyl (C=O) groups is 1. The van der Waals surface area contributed by atoms with Gasteiger partial charge in [0, 0.05) is 12.2 Å². The Balaban J connectivity index is 2.61. The Bertz CT molecular complexity index is 818. The van der Waals surface area contributed by atoms with Gasteiger partial charge in [0.15, 0.2) is 11.4 Å². The van der Waals surface area contributed by atoms with Gasteiger partial charge in [-0.3, -0.25) is 13.8 Å². The second-order valence-electron chi connectivity index (χ2n) is 5.38. The van der Waals surface area contributed by atoms with Crippen LogP contribution in [0.25, 0.3) is 0 Å². The smallest absolute Gasteiger partial charge is 0.271 e. The van der Waals surface area contributed by atoms with E-state index >= 15 is 0 Å². The highest BCUT2D eigenvalue weighted by Crippen LogP contribution is 2.33. The number of carbonyl (C=O) groups excluding carboxylic acids is 1. The highest BCUT2D eigenvalue weighted by molar-refractivity contribution is 14.1. The fourth-order valence-corrected chi connectivity index (χ4v) is 3.94. The van der Waals surface area contributed by atoms with Crippen LogP contribution in [0.4, 0.5) is 0 Å². The standard InChI is InChI=1S/C14H19IN2O6S/c1-4-16-14(19)11-13(22-2)12(18)10(15)9-6-5-8(17(9)11)7-23-24(3,20)21/h8H,4-7H2,1-3H3,(H,16,19)/t8-/m0/s1. The van der Waals surface area contributed by atoms with E-state index in [-0.39, 0.29) is 29.5 Å². The van der Waals surface area contributed by atoms with Gasteiger partial charge in [0.05, 0.1) is 29.6 Å². The molecule has 0 bridgehead atoms. The Morgan fingerprint density at radius 2 is 2.12 bits per heavy atom. The maximum atomic E-state index is 12.5. The predicted octanol–water partition coefficient (Wildman–Crippen LogP) is 0.675. The second kappa shape index (κ2) is 7.40. The quantitative estimate of drug-likeness (QED) is 0.485. The lowest BCUT2D eigenvalue weighted by Crippen LogP contribution is -2.32. The number of amides is 1. The average Bonchev–Trinajstić information content (AvgIpc) is 2.91. The van der Waals surface area contributed by atoms with E-state index in [9.17, 15) is 18.0 Å². The Hall–Kier alpha value is -1.14. The molecule has 134 valence electrons. The van der Waals surface area contributed by atoms with Crippen molar-refractivity contribution in [3.05, 3.63) is 25.2 Å². The lowest BCUT2D eigenvalue weighted by atomic mass is 10.2. The van der Waals surface area contributed by atoms with E-state index in [4.69, 9.17) is 8.92 Å². The van der Waals surface area contributed by atoms with Crippen molar-refractivity contribution in [2.75, 3.05) is 26.5 Å². The number of hydrogen-bond acceptors (Lipinski definition) is 6. The minimum absolute atomic E-state index is 0.0413. The lowest BCUT2D eigenvalue weighted by molar-refractivity contribution is 0.0938. The van der Waals surface area contributed by atoms with Gasteiger partial charge in [0.1, 0.15) is 0 Å². The molecule has 0 aromatic carbocycles. The Morgan fingerprint density at radius 3 is 2.67 bits per heavy atom. The summed E-state index contributed by atoms with van der Waals surface area (Å²) in [5, 5.41) is 2.67. The molecular formula is C14H19IN2O6S. The summed E-state index contributed by atoms with van der Waals surface area (Å²) < 4.78 is 34.8. The number of pyridine rings is 1. The van der Waals surface area contributed by atoms with Gasteiger partial charge in [0.25, 0.3) is 16.0 Å².